The number of hydrogen-bond acceptors (Lipinski definition) is 7. The highest BCUT2D eigenvalue weighted by Crippen LogP contribution is 2.45. The predicted octanol–water partition coefficient (Wildman–Crippen LogP) is 4.18. The van der Waals surface area contributed by atoms with E-state index in [1.54, 1.807) is 12.1 Å². The summed E-state index contributed by atoms with van der Waals surface area (Å²) in [5, 5.41) is 0. The molecule has 0 aromatic heterocycles. The number of rotatable bonds is 5. The summed E-state index contributed by atoms with van der Waals surface area (Å²) >= 11 is 2.09. The van der Waals surface area contributed by atoms with Crippen molar-refractivity contribution >= 4 is 41.7 Å². The highest BCUT2D eigenvalue weighted by molar-refractivity contribution is 14.2. The van der Waals surface area contributed by atoms with Gasteiger partial charge in [0.05, 0.1) is 18.4 Å². The Morgan fingerprint density at radius 1 is 1.36 bits per heavy atom. The van der Waals surface area contributed by atoms with E-state index in [2.05, 4.69) is 31.4 Å². The summed E-state index contributed by atoms with van der Waals surface area (Å²) in [7, 11) is 2.65. The van der Waals surface area contributed by atoms with Crippen LogP contribution in [0.3, 0.4) is 0 Å². The van der Waals surface area contributed by atoms with Crippen LogP contribution in [0.5, 0.6) is 17.2 Å². The maximum Gasteiger partial charge on any atom is 0.185 e. The molecule has 1 aliphatic rings. The fraction of sp³-hybridized carbons (Fsp3) is 0.200. The van der Waals surface area contributed by atoms with Gasteiger partial charge in [0.1, 0.15) is 18.1 Å². The first kappa shape index (κ1) is 18.1. The van der Waals surface area contributed by atoms with Crippen LogP contribution >= 0.6 is 30.3 Å². The molecule has 0 saturated heterocycles. The Morgan fingerprint density at radius 2 is 2.16 bits per heavy atom. The molecule has 2 aromatic rings. The second-order valence-electron chi connectivity index (χ2n) is 5.04. The lowest BCUT2D eigenvalue weighted by Crippen LogP contribution is -2.25. The molecule has 0 saturated carbocycles. The number of hydrazine groups is 1. The zero-order chi connectivity index (χ0) is 18.0. The predicted molar refractivity (Wildman–Crippen MR) is 101 cm³/mol. The summed E-state index contributed by atoms with van der Waals surface area (Å²) in [6.07, 6.45) is -0.824. The minimum atomic E-state index is -0.862. The van der Waals surface area contributed by atoms with Gasteiger partial charge < -0.3 is 24.4 Å². The first-order valence-electron chi connectivity index (χ1n) is 7.09. The van der Waals surface area contributed by atoms with Gasteiger partial charge in [-0.3, -0.25) is 5.84 Å². The summed E-state index contributed by atoms with van der Waals surface area (Å²) in [5.74, 6) is 4.57. The van der Waals surface area contributed by atoms with Crippen LogP contribution in [0.15, 0.2) is 24.3 Å². The first-order valence-corrected chi connectivity index (χ1v) is 10.4. The van der Waals surface area contributed by atoms with Gasteiger partial charge in [-0.25, -0.2) is 8.78 Å². The number of hydrogen-bond donors (Lipinski definition) is 3. The molecule has 3 rings (SSSR count). The van der Waals surface area contributed by atoms with Crippen molar-refractivity contribution in [3.05, 3.63) is 41.5 Å². The Hall–Kier alpha value is -1.66. The maximum absolute atomic E-state index is 14.4. The van der Waals surface area contributed by atoms with Crippen LogP contribution in [0.25, 0.3) is 0 Å². The van der Waals surface area contributed by atoms with Crippen LogP contribution in [0.4, 0.5) is 20.2 Å². The van der Waals surface area contributed by atoms with E-state index in [4.69, 9.17) is 20.1 Å². The number of ether oxygens (including phenoxy) is 3. The fourth-order valence-corrected chi connectivity index (χ4v) is 3.60. The van der Waals surface area contributed by atoms with Crippen molar-refractivity contribution in [3.63, 3.8) is 0 Å². The molecular weight excluding hydrogens is 467 g/mol. The SMILES string of the molecule is COc1c(F)cc(F)c(C2COc3c(NSI)cccc3O2)c1NN. The third-order valence-electron chi connectivity index (χ3n) is 3.67. The van der Waals surface area contributed by atoms with Crippen molar-refractivity contribution in [2.45, 2.75) is 6.10 Å². The largest absolute Gasteiger partial charge is 0.492 e. The molecule has 2 aromatic carbocycles. The fourth-order valence-electron chi connectivity index (χ4n) is 2.64. The van der Waals surface area contributed by atoms with Crippen molar-refractivity contribution < 1.29 is 23.0 Å². The molecule has 1 unspecified atom stereocenters. The first-order chi connectivity index (χ1) is 12.1. The summed E-state index contributed by atoms with van der Waals surface area (Å²) in [6, 6.07) is 6.06. The summed E-state index contributed by atoms with van der Waals surface area (Å²) < 4.78 is 48.0. The molecule has 6 nitrogen and oxygen atoms in total. The van der Waals surface area contributed by atoms with Gasteiger partial charge in [0.15, 0.2) is 29.2 Å². The molecule has 1 aliphatic heterocycles. The number of anilines is 2. The number of benzene rings is 2. The average Bonchev–Trinajstić information content (AvgIpc) is 2.61. The Morgan fingerprint density at radius 3 is 2.84 bits per heavy atom. The molecule has 0 fully saturated rings. The van der Waals surface area contributed by atoms with E-state index in [0.717, 1.165) is 11.8 Å². The van der Waals surface area contributed by atoms with Crippen LogP contribution in [-0.4, -0.2) is 13.7 Å². The van der Waals surface area contributed by atoms with Crippen LogP contribution in [0.2, 0.25) is 0 Å². The van der Waals surface area contributed by atoms with Gasteiger partial charge in [-0.15, -0.1) is 0 Å². The van der Waals surface area contributed by atoms with Crippen LogP contribution in [-0.2, 0) is 0 Å². The lowest BCUT2D eigenvalue weighted by Gasteiger charge is -2.29. The lowest BCUT2D eigenvalue weighted by atomic mass is 10.0. The number of nitrogens with two attached hydrogens (primary N) is 1. The highest BCUT2D eigenvalue weighted by atomic mass is 127. The summed E-state index contributed by atoms with van der Waals surface area (Å²) in [4.78, 5) is 0. The average molecular weight is 481 g/mol. The molecule has 0 amide bonds. The molecular formula is C15H14F2IN3O3S. The normalized spacial score (nSPS) is 15.6. The van der Waals surface area contributed by atoms with Crippen molar-refractivity contribution in [2.75, 3.05) is 23.9 Å². The van der Waals surface area contributed by atoms with Gasteiger partial charge in [-0.2, -0.15) is 0 Å². The molecule has 1 heterocycles. The van der Waals surface area contributed by atoms with Gasteiger partial charge in [-0.1, -0.05) is 6.07 Å². The number of halogens is 3. The van der Waals surface area contributed by atoms with Crippen LogP contribution in [0, 0.1) is 11.6 Å². The second kappa shape index (κ2) is 7.70. The third-order valence-corrected chi connectivity index (χ3v) is 4.63. The van der Waals surface area contributed by atoms with Gasteiger partial charge in [0.2, 0.25) is 0 Å². The van der Waals surface area contributed by atoms with Crippen molar-refractivity contribution in [3.8, 4) is 17.2 Å². The number of methoxy groups -OCH3 is 1. The van der Waals surface area contributed by atoms with Crippen LogP contribution in [0.1, 0.15) is 11.7 Å². The molecule has 1 atom stereocenters. The molecule has 0 bridgehead atoms. The molecule has 10 heteroatoms. The summed E-state index contributed by atoms with van der Waals surface area (Å²) in [6.45, 7) is 0.0258. The van der Waals surface area contributed by atoms with E-state index in [1.807, 2.05) is 6.07 Å². The van der Waals surface area contributed by atoms with E-state index in [-0.39, 0.29) is 23.6 Å². The summed E-state index contributed by atoms with van der Waals surface area (Å²) in [5.41, 5.74) is 3.05. The number of fused-ring (bicyclic) bond motifs is 1. The van der Waals surface area contributed by atoms with E-state index >= 15 is 0 Å². The van der Waals surface area contributed by atoms with Gasteiger partial charge in [0, 0.05) is 36.4 Å². The van der Waals surface area contributed by atoms with Crippen molar-refractivity contribution in [1.29, 1.82) is 0 Å². The molecule has 134 valence electrons. The quantitative estimate of drug-likeness (QED) is 0.256. The number of nitrogen functional groups attached to an aromatic ring is 1. The van der Waals surface area contributed by atoms with E-state index < -0.39 is 17.7 Å². The lowest BCUT2D eigenvalue weighted by molar-refractivity contribution is 0.0896. The van der Waals surface area contributed by atoms with Gasteiger partial charge >= 0.3 is 0 Å². The Balaban J connectivity index is 2.01. The number of nitrogens with one attached hydrogen (secondary N) is 2. The van der Waals surface area contributed by atoms with E-state index in [1.165, 1.54) is 16.2 Å². The van der Waals surface area contributed by atoms with E-state index in [9.17, 15) is 8.78 Å². The maximum atomic E-state index is 14.4. The third kappa shape index (κ3) is 3.37. The highest BCUT2D eigenvalue weighted by Gasteiger charge is 2.31. The molecule has 4 N–H and O–H groups in total. The zero-order valence-corrected chi connectivity index (χ0v) is 15.9. The molecule has 25 heavy (non-hydrogen) atoms. The molecule has 0 spiro atoms. The number of para-hydroxylation sites is 1. The van der Waals surface area contributed by atoms with Crippen molar-refractivity contribution in [2.24, 2.45) is 5.84 Å². The smallest absolute Gasteiger partial charge is 0.185 e. The second-order valence-corrected chi connectivity index (χ2v) is 6.72. The van der Waals surface area contributed by atoms with Gasteiger partial charge in [-0.05, 0) is 12.1 Å². The Kier molecular flexibility index (Phi) is 5.59. The van der Waals surface area contributed by atoms with E-state index in [0.29, 0.717) is 11.5 Å². The molecule has 0 radical (unpaired) electrons. The molecule has 0 aliphatic carbocycles. The Bertz CT molecular complexity index is 797. The minimum Gasteiger partial charge on any atom is -0.492 e. The Labute approximate surface area is 159 Å². The minimum absolute atomic E-state index is 0.0193. The monoisotopic (exact) mass is 481 g/mol. The van der Waals surface area contributed by atoms with Crippen LogP contribution < -0.4 is 30.2 Å². The van der Waals surface area contributed by atoms with Gasteiger partial charge in [0.25, 0.3) is 0 Å². The zero-order valence-electron chi connectivity index (χ0n) is 12.9. The topological polar surface area (TPSA) is 77.8 Å². The standard InChI is InChI=1S/C15H14F2IN3O3S/c1-22-14-8(17)5-7(16)12(13(14)20-19)11-6-23-15-9(21-25-18)3-2-4-10(15)24-11/h2-5,11,20-21H,6,19H2,1H3. The van der Waals surface area contributed by atoms with Crippen molar-refractivity contribution in [1.82, 2.24) is 0 Å².